The summed E-state index contributed by atoms with van der Waals surface area (Å²) in [6.45, 7) is -0.506. The molecule has 0 saturated carbocycles. The van der Waals surface area contributed by atoms with Crippen LogP contribution < -0.4 is 4.72 Å². The SMILES string of the molecule is BC1OC(COS(=O)(=O)NC(=O)CCc2c[nH]c3ccccc23)C(O)C1O. The lowest BCUT2D eigenvalue weighted by atomic mass is 9.93. The van der Waals surface area contributed by atoms with Gasteiger partial charge in [0.15, 0.2) is 0 Å². The highest BCUT2D eigenvalue weighted by atomic mass is 32.2. The number of para-hydroxylation sites is 1. The van der Waals surface area contributed by atoms with Gasteiger partial charge in [0.05, 0.1) is 12.6 Å². The molecule has 2 aromatic rings. The molecule has 1 fully saturated rings. The Balaban J connectivity index is 1.49. The van der Waals surface area contributed by atoms with E-state index in [0.29, 0.717) is 6.42 Å². The van der Waals surface area contributed by atoms with E-state index in [9.17, 15) is 23.4 Å². The smallest absolute Gasteiger partial charge is 0.362 e. The number of amides is 1. The monoisotopic (exact) mass is 396 g/mol. The standard InChI is InChI=1S/C16H21BN2O7S/c17-16-15(22)14(21)12(26-16)8-25-27(23,24)19-13(20)6-5-9-7-18-11-4-2-1-3-10(9)11/h1-4,7,12,14-16,18,21-22H,5-6,8,17H2,(H,19,20). The number of hydrogen-bond donors (Lipinski definition) is 4. The maximum absolute atomic E-state index is 12.0. The van der Waals surface area contributed by atoms with E-state index in [-0.39, 0.29) is 6.42 Å². The molecule has 1 saturated heterocycles. The van der Waals surface area contributed by atoms with E-state index in [2.05, 4.69) is 4.98 Å². The van der Waals surface area contributed by atoms with Crippen molar-refractivity contribution in [2.75, 3.05) is 6.61 Å². The number of H-pyrrole nitrogens is 1. The Morgan fingerprint density at radius 3 is 2.74 bits per heavy atom. The van der Waals surface area contributed by atoms with Crippen molar-refractivity contribution in [1.29, 1.82) is 0 Å². The highest BCUT2D eigenvalue weighted by molar-refractivity contribution is 7.85. The number of aromatic nitrogens is 1. The molecule has 1 aliphatic heterocycles. The fourth-order valence-corrected chi connectivity index (χ4v) is 3.79. The van der Waals surface area contributed by atoms with Crippen LogP contribution in [-0.4, -0.2) is 68.3 Å². The molecular weight excluding hydrogens is 375 g/mol. The summed E-state index contributed by atoms with van der Waals surface area (Å²) in [5.74, 6) is -0.707. The molecule has 4 atom stereocenters. The van der Waals surface area contributed by atoms with E-state index in [1.165, 1.54) is 0 Å². The van der Waals surface area contributed by atoms with E-state index in [1.54, 1.807) is 14.0 Å². The molecule has 1 aromatic heterocycles. The second-order valence-corrected chi connectivity index (χ2v) is 7.83. The molecule has 0 bridgehead atoms. The van der Waals surface area contributed by atoms with Gasteiger partial charge in [-0.2, -0.15) is 8.42 Å². The normalized spacial score (nSPS) is 25.7. The van der Waals surface area contributed by atoms with E-state index in [1.807, 2.05) is 29.0 Å². The number of carbonyl (C=O) groups excluding carboxylic acids is 1. The van der Waals surface area contributed by atoms with Gasteiger partial charge >= 0.3 is 10.3 Å². The van der Waals surface area contributed by atoms with E-state index in [0.717, 1.165) is 16.5 Å². The van der Waals surface area contributed by atoms with Crippen LogP contribution in [0.2, 0.25) is 0 Å². The summed E-state index contributed by atoms with van der Waals surface area (Å²) in [6, 6.07) is 6.97. The number of carbonyl (C=O) groups is 1. The maximum Gasteiger partial charge on any atom is 0.362 e. The fourth-order valence-electron chi connectivity index (χ4n) is 3.04. The third-order valence-electron chi connectivity index (χ3n) is 4.52. The minimum atomic E-state index is -4.34. The zero-order chi connectivity index (χ0) is 19.6. The van der Waals surface area contributed by atoms with Gasteiger partial charge in [0.2, 0.25) is 5.91 Å². The number of rotatable bonds is 7. The van der Waals surface area contributed by atoms with Gasteiger partial charge < -0.3 is 19.9 Å². The molecule has 146 valence electrons. The second kappa shape index (κ2) is 7.99. The maximum atomic E-state index is 12.0. The third kappa shape index (κ3) is 4.68. The van der Waals surface area contributed by atoms with Crippen molar-refractivity contribution in [2.24, 2.45) is 0 Å². The largest absolute Gasteiger partial charge is 0.388 e. The van der Waals surface area contributed by atoms with Crippen molar-refractivity contribution in [2.45, 2.75) is 37.2 Å². The third-order valence-corrected chi connectivity index (χ3v) is 5.45. The number of aliphatic hydroxyl groups excluding tert-OH is 2. The summed E-state index contributed by atoms with van der Waals surface area (Å²) < 4.78 is 35.5. The number of benzene rings is 1. The number of aryl methyl sites for hydroxylation is 1. The molecule has 0 aliphatic carbocycles. The van der Waals surface area contributed by atoms with Crippen LogP contribution in [0.4, 0.5) is 0 Å². The van der Waals surface area contributed by atoms with Crippen molar-refractivity contribution in [3.63, 3.8) is 0 Å². The Bertz CT molecular complexity index is 916. The quantitative estimate of drug-likeness (QED) is 0.421. The summed E-state index contributed by atoms with van der Waals surface area (Å²) in [7, 11) is -2.79. The Kier molecular flexibility index (Phi) is 5.87. The topological polar surface area (TPSA) is 138 Å². The van der Waals surface area contributed by atoms with Crippen molar-refractivity contribution in [3.8, 4) is 0 Å². The van der Waals surface area contributed by atoms with Crippen LogP contribution in [0.15, 0.2) is 30.5 Å². The molecule has 0 radical (unpaired) electrons. The molecule has 3 rings (SSSR count). The Labute approximate surface area is 157 Å². The average molecular weight is 396 g/mol. The highest BCUT2D eigenvalue weighted by Gasteiger charge is 2.40. The van der Waals surface area contributed by atoms with E-state index < -0.39 is 47.1 Å². The first-order valence-corrected chi connectivity index (χ1v) is 9.94. The molecular formula is C16H21BN2O7S. The van der Waals surface area contributed by atoms with Gasteiger partial charge in [0, 0.05) is 23.5 Å². The summed E-state index contributed by atoms with van der Waals surface area (Å²) >= 11 is 0. The molecule has 1 aromatic carbocycles. The Morgan fingerprint density at radius 1 is 1.30 bits per heavy atom. The van der Waals surface area contributed by atoms with Gasteiger partial charge in [0.25, 0.3) is 0 Å². The predicted molar refractivity (Wildman–Crippen MR) is 98.9 cm³/mol. The number of nitrogens with one attached hydrogen (secondary N) is 2. The number of aliphatic hydroxyl groups is 2. The van der Waals surface area contributed by atoms with E-state index in [4.69, 9.17) is 8.92 Å². The first-order valence-electron chi connectivity index (χ1n) is 8.53. The van der Waals surface area contributed by atoms with Crippen LogP contribution in [0.25, 0.3) is 10.9 Å². The summed E-state index contributed by atoms with van der Waals surface area (Å²) in [6.07, 6.45) is -1.26. The lowest BCUT2D eigenvalue weighted by Crippen LogP contribution is -2.38. The average Bonchev–Trinajstić information content (AvgIpc) is 3.14. The van der Waals surface area contributed by atoms with Gasteiger partial charge in [-0.15, -0.1) is 0 Å². The van der Waals surface area contributed by atoms with Gasteiger partial charge in [-0.1, -0.05) is 18.2 Å². The first kappa shape index (κ1) is 19.8. The lowest BCUT2D eigenvalue weighted by molar-refractivity contribution is -0.119. The number of aromatic amines is 1. The fraction of sp³-hybridized carbons (Fsp3) is 0.438. The predicted octanol–water partition coefficient (Wildman–Crippen LogP) is -1.44. The molecule has 0 spiro atoms. The minimum absolute atomic E-state index is 0.0389. The highest BCUT2D eigenvalue weighted by Crippen LogP contribution is 2.20. The van der Waals surface area contributed by atoms with Crippen LogP contribution in [-0.2, 0) is 30.4 Å². The van der Waals surface area contributed by atoms with Crippen molar-refractivity contribution in [3.05, 3.63) is 36.0 Å². The van der Waals surface area contributed by atoms with Gasteiger partial charge in [-0.25, -0.2) is 4.72 Å². The molecule has 2 heterocycles. The van der Waals surface area contributed by atoms with Crippen molar-refractivity contribution >= 4 is 35.0 Å². The van der Waals surface area contributed by atoms with Crippen molar-refractivity contribution in [1.82, 2.24) is 9.71 Å². The number of fused-ring (bicyclic) bond motifs is 1. The second-order valence-electron chi connectivity index (χ2n) is 6.48. The Morgan fingerprint density at radius 2 is 2.04 bits per heavy atom. The number of ether oxygens (including phenoxy) is 1. The van der Waals surface area contributed by atoms with Crippen molar-refractivity contribution < 1.29 is 32.3 Å². The molecule has 4 unspecified atom stereocenters. The lowest BCUT2D eigenvalue weighted by Gasteiger charge is -2.15. The van der Waals surface area contributed by atoms with Crippen LogP contribution >= 0.6 is 0 Å². The molecule has 27 heavy (non-hydrogen) atoms. The first-order chi connectivity index (χ1) is 12.8. The summed E-state index contributed by atoms with van der Waals surface area (Å²) in [5, 5.41) is 20.3. The van der Waals surface area contributed by atoms with Gasteiger partial charge in [-0.05, 0) is 18.1 Å². The van der Waals surface area contributed by atoms with Crippen LogP contribution in [0, 0.1) is 0 Å². The molecule has 9 nitrogen and oxygen atoms in total. The molecule has 11 heteroatoms. The van der Waals surface area contributed by atoms with Crippen LogP contribution in [0.5, 0.6) is 0 Å². The molecule has 1 aliphatic rings. The van der Waals surface area contributed by atoms with Gasteiger partial charge in [-0.3, -0.25) is 8.98 Å². The molecule has 4 N–H and O–H groups in total. The summed E-state index contributed by atoms with van der Waals surface area (Å²) in [5.41, 5.74) is 1.85. The van der Waals surface area contributed by atoms with Crippen LogP contribution in [0.3, 0.4) is 0 Å². The zero-order valence-electron chi connectivity index (χ0n) is 14.7. The minimum Gasteiger partial charge on any atom is -0.388 e. The molecule has 1 amide bonds. The van der Waals surface area contributed by atoms with Crippen LogP contribution in [0.1, 0.15) is 12.0 Å². The number of hydrogen-bond acceptors (Lipinski definition) is 7. The summed E-state index contributed by atoms with van der Waals surface area (Å²) in [4.78, 5) is 15.0. The van der Waals surface area contributed by atoms with E-state index >= 15 is 0 Å². The zero-order valence-corrected chi connectivity index (χ0v) is 15.5. The Hall–Kier alpha value is -1.92. The van der Waals surface area contributed by atoms with Gasteiger partial charge in [0.1, 0.15) is 26.2 Å².